The van der Waals surface area contributed by atoms with Crippen LogP contribution in [0, 0.1) is 0 Å². The smallest absolute Gasteiger partial charge is 0.0837 e. The van der Waals surface area contributed by atoms with E-state index in [0.29, 0.717) is 6.10 Å². The van der Waals surface area contributed by atoms with Crippen LogP contribution in [0.15, 0.2) is 60.7 Å². The Hall–Kier alpha value is -1.68. The zero-order chi connectivity index (χ0) is 14.5. The van der Waals surface area contributed by atoms with E-state index in [-0.39, 0.29) is 6.17 Å². The number of hydrogen-bond donors (Lipinski definition) is 1. The molecular formula is C18H22N2O. The Morgan fingerprint density at radius 3 is 1.86 bits per heavy atom. The van der Waals surface area contributed by atoms with Gasteiger partial charge in [-0.25, -0.2) is 0 Å². The molecule has 2 aromatic carbocycles. The molecule has 0 aromatic heterocycles. The van der Waals surface area contributed by atoms with E-state index in [9.17, 15) is 0 Å². The number of ether oxygens (including phenoxy) is 1. The number of rotatable bonds is 7. The molecule has 1 heterocycles. The number of nitrogens with two attached hydrogens (primary N) is 1. The first-order chi connectivity index (χ1) is 10.3. The minimum Gasteiger partial charge on any atom is -0.373 e. The summed E-state index contributed by atoms with van der Waals surface area (Å²) < 4.78 is 5.32. The van der Waals surface area contributed by atoms with Crippen LogP contribution in [0.25, 0.3) is 0 Å². The van der Waals surface area contributed by atoms with E-state index in [1.807, 2.05) is 12.1 Å². The summed E-state index contributed by atoms with van der Waals surface area (Å²) in [6, 6.07) is 21.0. The Morgan fingerprint density at radius 2 is 1.43 bits per heavy atom. The Balaban J connectivity index is 1.70. The molecule has 0 amide bonds. The van der Waals surface area contributed by atoms with E-state index in [2.05, 4.69) is 53.4 Å². The maximum atomic E-state index is 6.40. The summed E-state index contributed by atoms with van der Waals surface area (Å²) in [5.41, 5.74) is 8.98. The minimum atomic E-state index is 0.0258. The van der Waals surface area contributed by atoms with Gasteiger partial charge >= 0.3 is 0 Å². The molecule has 1 unspecified atom stereocenters. The van der Waals surface area contributed by atoms with Crippen LogP contribution in [0.3, 0.4) is 0 Å². The Bertz CT molecular complexity index is 498. The van der Waals surface area contributed by atoms with E-state index in [1.165, 1.54) is 11.1 Å². The Labute approximate surface area is 126 Å². The molecule has 2 atom stereocenters. The summed E-state index contributed by atoms with van der Waals surface area (Å²) in [6.07, 6.45) is 1.28. The van der Waals surface area contributed by atoms with Gasteiger partial charge in [-0.05, 0) is 11.1 Å². The van der Waals surface area contributed by atoms with Crippen LogP contribution in [-0.4, -0.2) is 23.8 Å². The Morgan fingerprint density at radius 1 is 0.952 bits per heavy atom. The van der Waals surface area contributed by atoms with Crippen molar-refractivity contribution in [2.45, 2.75) is 31.8 Å². The molecule has 0 saturated carbocycles. The predicted octanol–water partition coefficient (Wildman–Crippen LogP) is 2.76. The average Bonchev–Trinajstić information content (AvgIpc) is 3.33. The summed E-state index contributed by atoms with van der Waals surface area (Å²) in [5.74, 6) is 0. The van der Waals surface area contributed by atoms with Crippen molar-refractivity contribution in [3.63, 3.8) is 0 Å². The van der Waals surface area contributed by atoms with Gasteiger partial charge in [-0.15, -0.1) is 0 Å². The fourth-order valence-electron chi connectivity index (χ4n) is 2.55. The van der Waals surface area contributed by atoms with Crippen molar-refractivity contribution in [3.8, 4) is 0 Å². The zero-order valence-electron chi connectivity index (χ0n) is 12.2. The molecular weight excluding hydrogens is 260 g/mol. The maximum absolute atomic E-state index is 6.40. The fraction of sp³-hybridized carbons (Fsp3) is 0.333. The van der Waals surface area contributed by atoms with E-state index in [4.69, 9.17) is 10.5 Å². The molecule has 1 aliphatic rings. The highest BCUT2D eigenvalue weighted by atomic mass is 16.6. The average molecular weight is 282 g/mol. The second-order valence-corrected chi connectivity index (χ2v) is 5.63. The standard InChI is InChI=1S/C18H22N2O/c19-18(11-17-14-21-17)20(12-15-7-3-1-4-8-15)13-16-9-5-2-6-10-16/h1-10,17-18H,11-14,19H2/t17?,18-/m0/s1. The lowest BCUT2D eigenvalue weighted by molar-refractivity contribution is 0.162. The fourth-order valence-corrected chi connectivity index (χ4v) is 2.55. The maximum Gasteiger partial charge on any atom is 0.0837 e. The molecule has 0 spiro atoms. The van der Waals surface area contributed by atoms with E-state index >= 15 is 0 Å². The lowest BCUT2D eigenvalue weighted by atomic mass is 10.1. The van der Waals surface area contributed by atoms with Gasteiger partial charge in [0, 0.05) is 19.5 Å². The molecule has 1 saturated heterocycles. The molecule has 2 N–H and O–H groups in total. The topological polar surface area (TPSA) is 41.8 Å². The second-order valence-electron chi connectivity index (χ2n) is 5.63. The summed E-state index contributed by atoms with van der Waals surface area (Å²) in [7, 11) is 0. The SMILES string of the molecule is N[C@H](CC1CO1)N(Cc1ccccc1)Cc1ccccc1. The molecule has 0 bridgehead atoms. The van der Waals surface area contributed by atoms with Gasteiger partial charge in [0.2, 0.25) is 0 Å². The molecule has 3 nitrogen and oxygen atoms in total. The lowest BCUT2D eigenvalue weighted by Crippen LogP contribution is -2.42. The van der Waals surface area contributed by atoms with Gasteiger partial charge in [0.1, 0.15) is 0 Å². The van der Waals surface area contributed by atoms with Crippen molar-refractivity contribution in [2.75, 3.05) is 6.61 Å². The quantitative estimate of drug-likeness (QED) is 0.627. The van der Waals surface area contributed by atoms with Crippen molar-refractivity contribution in [1.29, 1.82) is 0 Å². The van der Waals surface area contributed by atoms with Crippen molar-refractivity contribution in [1.82, 2.24) is 4.90 Å². The molecule has 1 fully saturated rings. The number of nitrogens with zero attached hydrogens (tertiary/aromatic N) is 1. The molecule has 110 valence electrons. The first-order valence-corrected chi connectivity index (χ1v) is 7.50. The summed E-state index contributed by atoms with van der Waals surface area (Å²) >= 11 is 0. The van der Waals surface area contributed by atoms with Gasteiger partial charge in [-0.3, -0.25) is 4.90 Å². The third kappa shape index (κ3) is 4.39. The summed E-state index contributed by atoms with van der Waals surface area (Å²) in [5, 5.41) is 0. The largest absolute Gasteiger partial charge is 0.373 e. The molecule has 2 aromatic rings. The van der Waals surface area contributed by atoms with Gasteiger partial charge in [0.05, 0.1) is 18.9 Å². The number of hydrogen-bond acceptors (Lipinski definition) is 3. The van der Waals surface area contributed by atoms with Gasteiger partial charge in [0.25, 0.3) is 0 Å². The second kappa shape index (κ2) is 6.85. The van der Waals surface area contributed by atoms with Crippen molar-refractivity contribution in [2.24, 2.45) is 5.73 Å². The summed E-state index contributed by atoms with van der Waals surface area (Å²) in [4.78, 5) is 2.33. The lowest BCUT2D eigenvalue weighted by Gasteiger charge is -2.29. The number of benzene rings is 2. The zero-order valence-corrected chi connectivity index (χ0v) is 12.2. The van der Waals surface area contributed by atoms with Crippen LogP contribution in [0.4, 0.5) is 0 Å². The monoisotopic (exact) mass is 282 g/mol. The highest BCUT2D eigenvalue weighted by Gasteiger charge is 2.28. The third-order valence-corrected chi connectivity index (χ3v) is 3.83. The van der Waals surface area contributed by atoms with E-state index < -0.39 is 0 Å². The highest BCUT2D eigenvalue weighted by molar-refractivity contribution is 5.17. The first-order valence-electron chi connectivity index (χ1n) is 7.50. The van der Waals surface area contributed by atoms with Gasteiger partial charge in [-0.2, -0.15) is 0 Å². The highest BCUT2D eigenvalue weighted by Crippen LogP contribution is 2.19. The van der Waals surface area contributed by atoms with E-state index in [1.54, 1.807) is 0 Å². The van der Waals surface area contributed by atoms with Crippen molar-refractivity contribution >= 4 is 0 Å². The normalized spacial score (nSPS) is 18.7. The first kappa shape index (κ1) is 14.3. The number of epoxide rings is 1. The van der Waals surface area contributed by atoms with Gasteiger partial charge in [-0.1, -0.05) is 60.7 Å². The van der Waals surface area contributed by atoms with Gasteiger partial charge in [0.15, 0.2) is 0 Å². The minimum absolute atomic E-state index is 0.0258. The predicted molar refractivity (Wildman–Crippen MR) is 84.5 cm³/mol. The van der Waals surface area contributed by atoms with Crippen LogP contribution in [0.5, 0.6) is 0 Å². The van der Waals surface area contributed by atoms with Crippen LogP contribution in [-0.2, 0) is 17.8 Å². The Kier molecular flexibility index (Phi) is 4.65. The van der Waals surface area contributed by atoms with E-state index in [0.717, 1.165) is 26.1 Å². The summed E-state index contributed by atoms with van der Waals surface area (Å²) in [6.45, 7) is 2.59. The molecule has 3 rings (SSSR count). The van der Waals surface area contributed by atoms with Crippen molar-refractivity contribution in [3.05, 3.63) is 71.8 Å². The molecule has 0 radical (unpaired) electrons. The molecule has 1 aliphatic heterocycles. The van der Waals surface area contributed by atoms with Crippen LogP contribution < -0.4 is 5.73 Å². The molecule has 21 heavy (non-hydrogen) atoms. The third-order valence-electron chi connectivity index (χ3n) is 3.83. The van der Waals surface area contributed by atoms with Crippen LogP contribution in [0.2, 0.25) is 0 Å². The van der Waals surface area contributed by atoms with Crippen molar-refractivity contribution < 1.29 is 4.74 Å². The molecule has 0 aliphatic carbocycles. The van der Waals surface area contributed by atoms with Crippen LogP contribution >= 0.6 is 0 Å². The van der Waals surface area contributed by atoms with Gasteiger partial charge < -0.3 is 10.5 Å². The van der Waals surface area contributed by atoms with Crippen LogP contribution in [0.1, 0.15) is 17.5 Å². The molecule has 3 heteroatoms.